The summed E-state index contributed by atoms with van der Waals surface area (Å²) in [6, 6.07) is 9.65. The van der Waals surface area contributed by atoms with Crippen LogP contribution >= 0.6 is 11.3 Å². The van der Waals surface area contributed by atoms with Crippen LogP contribution in [0.3, 0.4) is 0 Å². The number of pyridine rings is 1. The number of aromatic nitrogens is 3. The fourth-order valence-electron chi connectivity index (χ4n) is 2.18. The first-order valence-corrected chi connectivity index (χ1v) is 7.16. The first-order chi connectivity index (χ1) is 10.3. The molecule has 0 radical (unpaired) electrons. The smallest absolute Gasteiger partial charge is 0.250 e. The number of rotatable bonds is 3. The van der Waals surface area contributed by atoms with Gasteiger partial charge in [-0.15, -0.1) is 11.3 Å². The van der Waals surface area contributed by atoms with Crippen LogP contribution in [-0.4, -0.2) is 20.7 Å². The van der Waals surface area contributed by atoms with Crippen molar-refractivity contribution in [1.29, 1.82) is 0 Å². The number of hydrogen-bond acceptors (Lipinski definition) is 5. The number of carbonyl (C=O) groups is 1. The van der Waals surface area contributed by atoms with Gasteiger partial charge in [-0.3, -0.25) is 14.2 Å². The van der Waals surface area contributed by atoms with E-state index in [0.717, 1.165) is 22.1 Å². The minimum Gasteiger partial charge on any atom is -0.435 e. The minimum absolute atomic E-state index is 0.300. The number of imidazole rings is 1. The Morgan fingerprint density at radius 2 is 2.19 bits per heavy atom. The van der Waals surface area contributed by atoms with E-state index >= 15 is 0 Å². The molecule has 0 aliphatic heterocycles. The van der Waals surface area contributed by atoms with Crippen molar-refractivity contribution in [2.75, 3.05) is 0 Å². The Bertz CT molecular complexity index is 958. The maximum atomic E-state index is 11.3. The second kappa shape index (κ2) is 4.68. The lowest BCUT2D eigenvalue weighted by atomic mass is 10.2. The molecule has 3 heterocycles. The highest BCUT2D eigenvalue weighted by atomic mass is 32.1. The molecule has 4 rings (SSSR count). The Labute approximate surface area is 123 Å². The average molecular weight is 295 g/mol. The molecule has 21 heavy (non-hydrogen) atoms. The van der Waals surface area contributed by atoms with Gasteiger partial charge in [0.2, 0.25) is 5.88 Å². The normalized spacial score (nSPS) is 11.0. The van der Waals surface area contributed by atoms with Gasteiger partial charge in [-0.05, 0) is 12.1 Å². The molecular formula is C15H9N3O2S. The second-order valence-corrected chi connectivity index (χ2v) is 5.31. The van der Waals surface area contributed by atoms with Crippen LogP contribution in [-0.2, 0) is 0 Å². The van der Waals surface area contributed by atoms with Gasteiger partial charge in [0.25, 0.3) is 0 Å². The van der Waals surface area contributed by atoms with Crippen LogP contribution in [0, 0.1) is 0 Å². The molecule has 3 aromatic heterocycles. The monoisotopic (exact) mass is 295 g/mol. The van der Waals surface area contributed by atoms with Gasteiger partial charge in [0.15, 0.2) is 16.9 Å². The number of aldehydes is 1. The van der Waals surface area contributed by atoms with Gasteiger partial charge < -0.3 is 4.74 Å². The zero-order chi connectivity index (χ0) is 14.2. The molecule has 0 amide bonds. The molecule has 0 bridgehead atoms. The largest absolute Gasteiger partial charge is 0.435 e. The van der Waals surface area contributed by atoms with Crippen LogP contribution in [0.4, 0.5) is 0 Å². The Kier molecular flexibility index (Phi) is 2.68. The molecule has 0 atom stereocenters. The van der Waals surface area contributed by atoms with Crippen LogP contribution < -0.4 is 4.74 Å². The van der Waals surface area contributed by atoms with E-state index in [1.54, 1.807) is 16.8 Å². The summed E-state index contributed by atoms with van der Waals surface area (Å²) in [7, 11) is 0. The first kappa shape index (κ1) is 12.0. The van der Waals surface area contributed by atoms with E-state index in [1.807, 2.05) is 35.7 Å². The summed E-state index contributed by atoms with van der Waals surface area (Å²) in [6.45, 7) is 0. The van der Waals surface area contributed by atoms with Crippen molar-refractivity contribution in [3.05, 3.63) is 53.8 Å². The van der Waals surface area contributed by atoms with E-state index in [1.165, 1.54) is 11.3 Å². The van der Waals surface area contributed by atoms with Crippen molar-refractivity contribution in [2.45, 2.75) is 0 Å². The highest BCUT2D eigenvalue weighted by Gasteiger charge is 2.14. The van der Waals surface area contributed by atoms with Crippen LogP contribution in [0.15, 0.2) is 48.1 Å². The molecule has 0 fully saturated rings. The summed E-state index contributed by atoms with van der Waals surface area (Å²) in [4.78, 5) is 20.6. The zero-order valence-corrected chi connectivity index (χ0v) is 11.6. The fraction of sp³-hybridized carbons (Fsp3) is 0. The topological polar surface area (TPSA) is 56.5 Å². The molecule has 0 saturated heterocycles. The molecule has 0 aliphatic rings. The number of nitrogens with zero attached hydrogens (tertiary/aromatic N) is 3. The van der Waals surface area contributed by atoms with E-state index < -0.39 is 0 Å². The second-order valence-electron chi connectivity index (χ2n) is 4.44. The Morgan fingerprint density at radius 3 is 3.10 bits per heavy atom. The molecule has 102 valence electrons. The van der Waals surface area contributed by atoms with E-state index in [4.69, 9.17) is 4.74 Å². The summed E-state index contributed by atoms with van der Waals surface area (Å²) in [5, 5.41) is 2.85. The van der Waals surface area contributed by atoms with Crippen LogP contribution in [0.5, 0.6) is 11.6 Å². The van der Waals surface area contributed by atoms with Crippen molar-refractivity contribution < 1.29 is 9.53 Å². The van der Waals surface area contributed by atoms with Gasteiger partial charge in [0.1, 0.15) is 5.75 Å². The Hall–Kier alpha value is -2.73. The van der Waals surface area contributed by atoms with Gasteiger partial charge in [-0.2, -0.15) is 4.98 Å². The number of benzene rings is 1. The van der Waals surface area contributed by atoms with Gasteiger partial charge in [-0.25, -0.2) is 0 Å². The van der Waals surface area contributed by atoms with E-state index in [2.05, 4.69) is 9.97 Å². The maximum Gasteiger partial charge on any atom is 0.250 e. The predicted octanol–water partition coefficient (Wildman–Crippen LogP) is 3.55. The molecule has 1 aromatic carbocycles. The fourth-order valence-corrected chi connectivity index (χ4v) is 2.90. The predicted molar refractivity (Wildman–Crippen MR) is 80.3 cm³/mol. The number of carbonyl (C=O) groups excluding carboxylic acids is 1. The van der Waals surface area contributed by atoms with Crippen molar-refractivity contribution >= 4 is 33.5 Å². The van der Waals surface area contributed by atoms with Crippen molar-refractivity contribution in [2.24, 2.45) is 0 Å². The molecule has 0 spiro atoms. The summed E-state index contributed by atoms with van der Waals surface area (Å²) in [6.07, 6.45) is 4.17. The highest BCUT2D eigenvalue weighted by molar-refractivity contribution is 7.15. The average Bonchev–Trinajstić information content (AvgIpc) is 3.07. The molecule has 4 aromatic rings. The SMILES string of the molecule is O=Cc1c(Oc2cnc3ccccc3c2)nc2sccn12. The third kappa shape index (κ3) is 1.96. The summed E-state index contributed by atoms with van der Waals surface area (Å²) in [5.74, 6) is 0.858. The standard InChI is InChI=1S/C15H9N3O2S/c19-9-13-14(17-15-18(13)5-6-21-15)20-11-7-10-3-1-2-4-12(10)16-8-11/h1-9H. The molecule has 5 nitrogen and oxygen atoms in total. The lowest BCUT2D eigenvalue weighted by molar-refractivity contribution is 0.111. The van der Waals surface area contributed by atoms with E-state index in [0.29, 0.717) is 17.3 Å². The summed E-state index contributed by atoms with van der Waals surface area (Å²) in [5.41, 5.74) is 1.30. The van der Waals surface area contributed by atoms with E-state index in [9.17, 15) is 4.79 Å². The summed E-state index contributed by atoms with van der Waals surface area (Å²) >= 11 is 1.45. The van der Waals surface area contributed by atoms with Crippen LogP contribution in [0.2, 0.25) is 0 Å². The molecular weight excluding hydrogens is 286 g/mol. The lowest BCUT2D eigenvalue weighted by Crippen LogP contribution is -1.92. The molecule has 0 unspecified atom stereocenters. The number of ether oxygens (including phenoxy) is 1. The Morgan fingerprint density at radius 1 is 1.29 bits per heavy atom. The van der Waals surface area contributed by atoms with Crippen molar-refractivity contribution in [3.63, 3.8) is 0 Å². The molecule has 0 aliphatic carbocycles. The number of para-hydroxylation sites is 1. The van der Waals surface area contributed by atoms with Gasteiger partial charge >= 0.3 is 0 Å². The molecule has 0 N–H and O–H groups in total. The Balaban J connectivity index is 1.78. The first-order valence-electron chi connectivity index (χ1n) is 6.28. The van der Waals surface area contributed by atoms with Gasteiger partial charge in [-0.1, -0.05) is 18.2 Å². The quantitative estimate of drug-likeness (QED) is 0.542. The van der Waals surface area contributed by atoms with E-state index in [-0.39, 0.29) is 0 Å². The number of hydrogen-bond donors (Lipinski definition) is 0. The van der Waals surface area contributed by atoms with Crippen molar-refractivity contribution in [1.82, 2.24) is 14.4 Å². The highest BCUT2D eigenvalue weighted by Crippen LogP contribution is 2.27. The van der Waals surface area contributed by atoms with Crippen LogP contribution in [0.25, 0.3) is 15.9 Å². The number of thiazole rings is 1. The number of fused-ring (bicyclic) bond motifs is 2. The van der Waals surface area contributed by atoms with Crippen LogP contribution in [0.1, 0.15) is 10.5 Å². The molecule has 6 heteroatoms. The van der Waals surface area contributed by atoms with Gasteiger partial charge in [0, 0.05) is 17.0 Å². The zero-order valence-electron chi connectivity index (χ0n) is 10.8. The minimum atomic E-state index is 0.300. The third-order valence-electron chi connectivity index (χ3n) is 3.16. The maximum absolute atomic E-state index is 11.3. The third-order valence-corrected chi connectivity index (χ3v) is 3.91. The van der Waals surface area contributed by atoms with Crippen molar-refractivity contribution in [3.8, 4) is 11.6 Å². The summed E-state index contributed by atoms with van der Waals surface area (Å²) < 4.78 is 7.44. The molecule has 0 saturated carbocycles. The van der Waals surface area contributed by atoms with Gasteiger partial charge in [0.05, 0.1) is 11.7 Å². The lowest BCUT2D eigenvalue weighted by Gasteiger charge is -2.04.